The molecule has 0 spiro atoms. The number of carbonyl (C=O) groups is 3. The first-order valence-electron chi connectivity index (χ1n) is 13.6. The zero-order chi connectivity index (χ0) is 29.3. The number of alkyl carbamates (subject to hydrolysis) is 1. The minimum atomic E-state index is -0.925. The molecule has 2 N–H and O–H groups in total. The van der Waals surface area contributed by atoms with Gasteiger partial charge in [-0.15, -0.1) is 0 Å². The van der Waals surface area contributed by atoms with E-state index in [1.807, 2.05) is 38.1 Å². The van der Waals surface area contributed by atoms with Crippen LogP contribution in [-0.4, -0.2) is 47.6 Å². The maximum atomic E-state index is 14.1. The zero-order valence-electron chi connectivity index (χ0n) is 24.8. The highest BCUT2D eigenvalue weighted by Crippen LogP contribution is 2.30. The molecule has 3 unspecified atom stereocenters. The van der Waals surface area contributed by atoms with E-state index in [4.69, 9.17) is 9.47 Å². The molecule has 2 aromatic rings. The Morgan fingerprint density at radius 1 is 0.923 bits per heavy atom. The number of benzene rings is 2. The van der Waals surface area contributed by atoms with Gasteiger partial charge in [-0.2, -0.15) is 0 Å². The van der Waals surface area contributed by atoms with Crippen molar-refractivity contribution in [2.45, 2.75) is 92.0 Å². The Bertz CT molecular complexity index is 1110. The summed E-state index contributed by atoms with van der Waals surface area (Å²) in [6.45, 7) is 15.0. The third kappa shape index (κ3) is 9.61. The summed E-state index contributed by atoms with van der Waals surface area (Å²) < 4.78 is 10.6. The number of methoxy groups -OCH3 is 1. The number of carbonyl (C=O) groups excluding carboxylic acids is 3. The van der Waals surface area contributed by atoms with Gasteiger partial charge < -0.3 is 25.0 Å². The summed E-state index contributed by atoms with van der Waals surface area (Å²) in [5.74, 6) is 0.385. The number of nitrogens with one attached hydrogen (secondary N) is 2. The molecule has 0 aliphatic carbocycles. The third-order valence-electron chi connectivity index (χ3n) is 6.36. The molecule has 2 rings (SSSR count). The van der Waals surface area contributed by atoms with Gasteiger partial charge in [0.15, 0.2) is 0 Å². The van der Waals surface area contributed by atoms with Crippen molar-refractivity contribution in [3.05, 3.63) is 59.7 Å². The molecule has 214 valence electrons. The number of amides is 3. The van der Waals surface area contributed by atoms with Crippen LogP contribution in [0.2, 0.25) is 0 Å². The van der Waals surface area contributed by atoms with Gasteiger partial charge in [0.1, 0.15) is 23.4 Å². The largest absolute Gasteiger partial charge is 0.497 e. The molecule has 3 atom stereocenters. The van der Waals surface area contributed by atoms with E-state index in [0.717, 1.165) is 17.5 Å². The van der Waals surface area contributed by atoms with Crippen LogP contribution in [0.15, 0.2) is 48.5 Å². The van der Waals surface area contributed by atoms with Crippen LogP contribution in [0, 0.1) is 12.8 Å². The van der Waals surface area contributed by atoms with E-state index in [1.165, 1.54) is 0 Å². The highest BCUT2D eigenvalue weighted by molar-refractivity contribution is 5.99. The standard InChI is InChI=1S/C31H45N3O5/c1-20(2)14-15-22(4)34(29(36)23(5)32-30(37)39-31(6,7)8)27(26-13-11-10-12-21(26)3)28(35)33-24-16-18-25(38-9)19-17-24/h10-13,16-20,22-23,27H,14-15H2,1-9H3,(H,32,37)(H,33,35). The maximum absolute atomic E-state index is 14.1. The van der Waals surface area contributed by atoms with Gasteiger partial charge in [-0.05, 0) is 95.7 Å². The molecular formula is C31H45N3O5. The van der Waals surface area contributed by atoms with Crippen molar-refractivity contribution in [1.29, 1.82) is 0 Å². The van der Waals surface area contributed by atoms with Crippen molar-refractivity contribution in [1.82, 2.24) is 10.2 Å². The Morgan fingerprint density at radius 3 is 2.08 bits per heavy atom. The van der Waals surface area contributed by atoms with Gasteiger partial charge in [-0.1, -0.05) is 38.1 Å². The fraction of sp³-hybridized carbons (Fsp3) is 0.516. The zero-order valence-corrected chi connectivity index (χ0v) is 24.8. The SMILES string of the molecule is COc1ccc(NC(=O)C(c2ccccc2C)N(C(=O)C(C)NC(=O)OC(C)(C)C)C(C)CCC(C)C)cc1. The second kappa shape index (κ2) is 14.0. The van der Waals surface area contributed by atoms with E-state index in [9.17, 15) is 14.4 Å². The normalized spacial score (nSPS) is 13.7. The molecular weight excluding hydrogens is 494 g/mol. The molecule has 0 heterocycles. The van der Waals surface area contributed by atoms with Crippen molar-refractivity contribution in [3.8, 4) is 5.75 Å². The van der Waals surface area contributed by atoms with Crippen LogP contribution in [0.4, 0.5) is 10.5 Å². The van der Waals surface area contributed by atoms with E-state index in [1.54, 1.807) is 64.0 Å². The predicted molar refractivity (Wildman–Crippen MR) is 155 cm³/mol. The summed E-state index contributed by atoms with van der Waals surface area (Å²) in [6, 6.07) is 12.5. The Kier molecular flexibility index (Phi) is 11.4. The highest BCUT2D eigenvalue weighted by atomic mass is 16.6. The lowest BCUT2D eigenvalue weighted by atomic mass is 9.95. The predicted octanol–water partition coefficient (Wildman–Crippen LogP) is 6.25. The smallest absolute Gasteiger partial charge is 0.408 e. The van der Waals surface area contributed by atoms with E-state index in [0.29, 0.717) is 23.8 Å². The van der Waals surface area contributed by atoms with Gasteiger partial charge in [0.05, 0.1) is 7.11 Å². The van der Waals surface area contributed by atoms with Gasteiger partial charge in [0.2, 0.25) is 5.91 Å². The van der Waals surface area contributed by atoms with Gasteiger partial charge in [0.25, 0.3) is 5.91 Å². The van der Waals surface area contributed by atoms with Gasteiger partial charge in [-0.3, -0.25) is 9.59 Å². The number of aryl methyl sites for hydroxylation is 1. The number of hydrogen-bond donors (Lipinski definition) is 2. The molecule has 0 bridgehead atoms. The summed E-state index contributed by atoms with van der Waals surface area (Å²) in [7, 11) is 1.58. The first kappa shape index (κ1) is 31.7. The fourth-order valence-electron chi connectivity index (χ4n) is 4.28. The first-order chi connectivity index (χ1) is 18.2. The van der Waals surface area contributed by atoms with E-state index < -0.39 is 23.8 Å². The lowest BCUT2D eigenvalue weighted by Crippen LogP contribution is -2.54. The monoisotopic (exact) mass is 539 g/mol. The van der Waals surface area contributed by atoms with Crippen LogP contribution >= 0.6 is 0 Å². The molecule has 8 nitrogen and oxygen atoms in total. The topological polar surface area (TPSA) is 97.0 Å². The van der Waals surface area contributed by atoms with Crippen LogP contribution in [0.1, 0.15) is 78.5 Å². The van der Waals surface area contributed by atoms with Gasteiger partial charge in [0, 0.05) is 11.7 Å². The summed E-state index contributed by atoms with van der Waals surface area (Å²) in [6.07, 6.45) is 0.883. The molecule has 0 fully saturated rings. The second-order valence-electron chi connectivity index (χ2n) is 11.4. The third-order valence-corrected chi connectivity index (χ3v) is 6.36. The Labute approximate surface area is 233 Å². The average Bonchev–Trinajstić information content (AvgIpc) is 2.85. The summed E-state index contributed by atoms with van der Waals surface area (Å²) >= 11 is 0. The maximum Gasteiger partial charge on any atom is 0.408 e. The van der Waals surface area contributed by atoms with E-state index in [-0.39, 0.29) is 17.9 Å². The lowest BCUT2D eigenvalue weighted by molar-refractivity contribution is -0.143. The van der Waals surface area contributed by atoms with E-state index >= 15 is 0 Å². The fourth-order valence-corrected chi connectivity index (χ4v) is 4.28. The molecule has 8 heteroatoms. The van der Waals surface area contributed by atoms with Gasteiger partial charge in [-0.25, -0.2) is 4.79 Å². The number of nitrogens with zero attached hydrogens (tertiary/aromatic N) is 1. The van der Waals surface area contributed by atoms with Crippen molar-refractivity contribution in [2.24, 2.45) is 5.92 Å². The molecule has 0 saturated heterocycles. The summed E-state index contributed by atoms with van der Waals surface area (Å²) in [5.41, 5.74) is 1.48. The molecule has 3 amide bonds. The minimum Gasteiger partial charge on any atom is -0.497 e. The van der Waals surface area contributed by atoms with Gasteiger partial charge >= 0.3 is 6.09 Å². The second-order valence-corrected chi connectivity index (χ2v) is 11.4. The molecule has 39 heavy (non-hydrogen) atoms. The van der Waals surface area contributed by atoms with Crippen LogP contribution < -0.4 is 15.4 Å². The summed E-state index contributed by atoms with van der Waals surface area (Å²) in [4.78, 5) is 42.2. The van der Waals surface area contributed by atoms with Crippen molar-refractivity contribution >= 4 is 23.6 Å². The first-order valence-corrected chi connectivity index (χ1v) is 13.6. The molecule has 0 aliphatic heterocycles. The van der Waals surface area contributed by atoms with Crippen LogP contribution in [0.25, 0.3) is 0 Å². The van der Waals surface area contributed by atoms with E-state index in [2.05, 4.69) is 24.5 Å². The number of hydrogen-bond acceptors (Lipinski definition) is 5. The minimum absolute atomic E-state index is 0.283. The van der Waals surface area contributed by atoms with Crippen molar-refractivity contribution in [2.75, 3.05) is 12.4 Å². The Hall–Kier alpha value is -3.55. The number of rotatable bonds is 11. The number of anilines is 1. The Balaban J connectivity index is 2.51. The molecule has 2 aromatic carbocycles. The molecule has 0 saturated carbocycles. The van der Waals surface area contributed by atoms with Crippen LogP contribution in [0.3, 0.4) is 0 Å². The van der Waals surface area contributed by atoms with Crippen LogP contribution in [-0.2, 0) is 14.3 Å². The average molecular weight is 540 g/mol. The van der Waals surface area contributed by atoms with Crippen LogP contribution in [0.5, 0.6) is 5.75 Å². The highest BCUT2D eigenvalue weighted by Gasteiger charge is 2.38. The quantitative estimate of drug-likeness (QED) is 0.352. The molecule has 0 aliphatic rings. The lowest BCUT2D eigenvalue weighted by Gasteiger charge is -2.38. The number of ether oxygens (including phenoxy) is 2. The van der Waals surface area contributed by atoms with Crippen molar-refractivity contribution in [3.63, 3.8) is 0 Å². The summed E-state index contributed by atoms with van der Waals surface area (Å²) in [5, 5.41) is 5.65. The molecule has 0 aromatic heterocycles. The van der Waals surface area contributed by atoms with Crippen molar-refractivity contribution < 1.29 is 23.9 Å². The Morgan fingerprint density at radius 2 is 1.54 bits per heavy atom. The molecule has 0 radical (unpaired) electrons.